The van der Waals surface area contributed by atoms with E-state index in [4.69, 9.17) is 0 Å². The number of nitrogens with zero attached hydrogens (tertiary/aromatic N) is 2. The van der Waals surface area contributed by atoms with Crippen LogP contribution in [0, 0.1) is 5.82 Å². The fourth-order valence-corrected chi connectivity index (χ4v) is 1.83. The zero-order valence-electron chi connectivity index (χ0n) is 10.3. The third-order valence-corrected chi connectivity index (χ3v) is 2.69. The average molecular weight is 245 g/mol. The van der Waals surface area contributed by atoms with Gasteiger partial charge in [-0.1, -0.05) is 25.1 Å². The van der Waals surface area contributed by atoms with Gasteiger partial charge in [-0.2, -0.15) is 0 Å². The van der Waals surface area contributed by atoms with Crippen LogP contribution in [0.1, 0.15) is 30.6 Å². The van der Waals surface area contributed by atoms with Crippen LogP contribution >= 0.6 is 0 Å². The van der Waals surface area contributed by atoms with Gasteiger partial charge in [0.2, 0.25) is 0 Å². The molecule has 1 aromatic heterocycles. The molecule has 0 amide bonds. The molecule has 94 valence electrons. The number of hydrogen-bond acceptors (Lipinski definition) is 3. The molecule has 0 saturated heterocycles. The Morgan fingerprint density at radius 1 is 1.28 bits per heavy atom. The number of hydrogen-bond donors (Lipinski definition) is 1. The molecule has 0 saturated carbocycles. The minimum atomic E-state index is -0.250. The fraction of sp³-hybridized carbons (Fsp3) is 0.286. The van der Waals surface area contributed by atoms with Gasteiger partial charge in [0.1, 0.15) is 5.82 Å². The van der Waals surface area contributed by atoms with Gasteiger partial charge in [-0.25, -0.2) is 4.39 Å². The van der Waals surface area contributed by atoms with Crippen molar-refractivity contribution in [3.63, 3.8) is 0 Å². The highest BCUT2D eigenvalue weighted by Gasteiger charge is 2.17. The van der Waals surface area contributed by atoms with E-state index in [1.807, 2.05) is 6.07 Å². The zero-order chi connectivity index (χ0) is 12.8. The standard InChI is InChI=1S/C14H16FN3/c1-2-7-18-14(13-10-16-8-9-17-13)11-5-3-4-6-12(11)15/h3-6,8-10,14,18H,2,7H2,1H3. The van der Waals surface area contributed by atoms with Gasteiger partial charge < -0.3 is 5.32 Å². The van der Waals surface area contributed by atoms with Gasteiger partial charge >= 0.3 is 0 Å². The first-order valence-electron chi connectivity index (χ1n) is 6.06. The van der Waals surface area contributed by atoms with Gasteiger partial charge in [-0.15, -0.1) is 0 Å². The van der Waals surface area contributed by atoms with Crippen molar-refractivity contribution in [3.8, 4) is 0 Å². The van der Waals surface area contributed by atoms with Gasteiger partial charge in [0.15, 0.2) is 0 Å². The monoisotopic (exact) mass is 245 g/mol. The topological polar surface area (TPSA) is 37.8 Å². The molecule has 4 heteroatoms. The quantitative estimate of drug-likeness (QED) is 0.880. The summed E-state index contributed by atoms with van der Waals surface area (Å²) in [6.45, 7) is 2.87. The second kappa shape index (κ2) is 6.21. The fourth-order valence-electron chi connectivity index (χ4n) is 1.83. The molecule has 0 spiro atoms. The summed E-state index contributed by atoms with van der Waals surface area (Å²) in [5.74, 6) is -0.225. The molecular weight excluding hydrogens is 229 g/mol. The molecule has 3 nitrogen and oxygen atoms in total. The van der Waals surface area contributed by atoms with Gasteiger partial charge in [0.25, 0.3) is 0 Å². The molecule has 2 aromatic rings. The van der Waals surface area contributed by atoms with Crippen LogP contribution in [0.3, 0.4) is 0 Å². The van der Waals surface area contributed by atoms with Crippen molar-refractivity contribution in [2.75, 3.05) is 6.54 Å². The van der Waals surface area contributed by atoms with Crippen LogP contribution in [0.2, 0.25) is 0 Å². The van der Waals surface area contributed by atoms with Crippen LogP contribution in [0.5, 0.6) is 0 Å². The van der Waals surface area contributed by atoms with E-state index in [0.717, 1.165) is 18.7 Å². The Morgan fingerprint density at radius 3 is 2.78 bits per heavy atom. The number of nitrogens with one attached hydrogen (secondary N) is 1. The third-order valence-electron chi connectivity index (χ3n) is 2.69. The van der Waals surface area contributed by atoms with Gasteiger partial charge in [0.05, 0.1) is 17.9 Å². The Bertz CT molecular complexity index is 487. The largest absolute Gasteiger partial charge is 0.305 e. The summed E-state index contributed by atoms with van der Waals surface area (Å²) in [7, 11) is 0. The zero-order valence-corrected chi connectivity index (χ0v) is 10.3. The van der Waals surface area contributed by atoms with Crippen molar-refractivity contribution in [2.24, 2.45) is 0 Å². The van der Waals surface area contributed by atoms with E-state index in [9.17, 15) is 4.39 Å². The van der Waals surface area contributed by atoms with Gasteiger partial charge in [-0.3, -0.25) is 9.97 Å². The van der Waals surface area contributed by atoms with Crippen molar-refractivity contribution in [3.05, 3.63) is 59.9 Å². The molecule has 1 N–H and O–H groups in total. The van der Waals surface area contributed by atoms with Crippen molar-refractivity contribution < 1.29 is 4.39 Å². The number of aromatic nitrogens is 2. The van der Waals surface area contributed by atoms with E-state index in [1.54, 1.807) is 30.7 Å². The lowest BCUT2D eigenvalue weighted by molar-refractivity contribution is 0.538. The molecule has 1 heterocycles. The minimum Gasteiger partial charge on any atom is -0.305 e. The van der Waals surface area contributed by atoms with Crippen LogP contribution in [0.15, 0.2) is 42.9 Å². The molecular formula is C14H16FN3. The molecule has 0 aliphatic carbocycles. The van der Waals surface area contributed by atoms with Crippen molar-refractivity contribution in [1.82, 2.24) is 15.3 Å². The van der Waals surface area contributed by atoms with E-state index in [-0.39, 0.29) is 11.9 Å². The van der Waals surface area contributed by atoms with Crippen LogP contribution in [0.25, 0.3) is 0 Å². The molecule has 0 aliphatic rings. The minimum absolute atomic E-state index is 0.225. The maximum Gasteiger partial charge on any atom is 0.128 e. The molecule has 0 aliphatic heterocycles. The average Bonchev–Trinajstić information content (AvgIpc) is 2.42. The van der Waals surface area contributed by atoms with Crippen LogP contribution < -0.4 is 5.32 Å². The van der Waals surface area contributed by atoms with E-state index >= 15 is 0 Å². The summed E-state index contributed by atoms with van der Waals surface area (Å²) in [4.78, 5) is 8.30. The number of benzene rings is 1. The van der Waals surface area contributed by atoms with Gasteiger partial charge in [-0.05, 0) is 19.0 Å². The molecule has 0 fully saturated rings. The van der Waals surface area contributed by atoms with E-state index in [1.165, 1.54) is 6.07 Å². The summed E-state index contributed by atoms with van der Waals surface area (Å²) in [6, 6.07) is 6.51. The van der Waals surface area contributed by atoms with Crippen LogP contribution in [-0.4, -0.2) is 16.5 Å². The summed E-state index contributed by atoms with van der Waals surface area (Å²) in [5, 5.41) is 3.30. The lowest BCUT2D eigenvalue weighted by Crippen LogP contribution is -2.25. The molecule has 1 aromatic carbocycles. The molecule has 2 rings (SSSR count). The lowest BCUT2D eigenvalue weighted by Gasteiger charge is -2.18. The second-order valence-electron chi connectivity index (χ2n) is 4.04. The first-order chi connectivity index (χ1) is 8.83. The summed E-state index contributed by atoms with van der Waals surface area (Å²) in [5.41, 5.74) is 1.34. The lowest BCUT2D eigenvalue weighted by atomic mass is 10.0. The molecule has 18 heavy (non-hydrogen) atoms. The highest BCUT2D eigenvalue weighted by molar-refractivity contribution is 5.27. The molecule has 1 atom stereocenters. The Morgan fingerprint density at radius 2 is 2.11 bits per heavy atom. The normalized spacial score (nSPS) is 12.3. The molecule has 0 radical (unpaired) electrons. The van der Waals surface area contributed by atoms with Crippen molar-refractivity contribution in [1.29, 1.82) is 0 Å². The third kappa shape index (κ3) is 2.90. The van der Waals surface area contributed by atoms with Crippen LogP contribution in [-0.2, 0) is 0 Å². The molecule has 1 unspecified atom stereocenters. The predicted molar refractivity (Wildman–Crippen MR) is 68.6 cm³/mol. The predicted octanol–water partition coefficient (Wildman–Crippen LogP) is 2.70. The second-order valence-corrected chi connectivity index (χ2v) is 4.04. The summed E-state index contributed by atoms with van der Waals surface area (Å²) in [6.07, 6.45) is 5.88. The maximum absolute atomic E-state index is 13.9. The number of rotatable bonds is 5. The smallest absolute Gasteiger partial charge is 0.128 e. The SMILES string of the molecule is CCCNC(c1cnccn1)c1ccccc1F. The van der Waals surface area contributed by atoms with E-state index in [2.05, 4.69) is 22.2 Å². The summed E-state index contributed by atoms with van der Waals surface area (Å²) < 4.78 is 13.9. The Balaban J connectivity index is 2.34. The first kappa shape index (κ1) is 12.6. The highest BCUT2D eigenvalue weighted by atomic mass is 19.1. The summed E-state index contributed by atoms with van der Waals surface area (Å²) >= 11 is 0. The van der Waals surface area contributed by atoms with E-state index < -0.39 is 0 Å². The van der Waals surface area contributed by atoms with Gasteiger partial charge in [0, 0.05) is 18.0 Å². The van der Waals surface area contributed by atoms with E-state index in [0.29, 0.717) is 5.56 Å². The first-order valence-corrected chi connectivity index (χ1v) is 6.06. The Kier molecular flexibility index (Phi) is 4.36. The van der Waals surface area contributed by atoms with Crippen molar-refractivity contribution in [2.45, 2.75) is 19.4 Å². The van der Waals surface area contributed by atoms with Crippen molar-refractivity contribution >= 4 is 0 Å². The van der Waals surface area contributed by atoms with Crippen LogP contribution in [0.4, 0.5) is 4.39 Å². The highest BCUT2D eigenvalue weighted by Crippen LogP contribution is 2.22. The maximum atomic E-state index is 13.9. The Labute approximate surface area is 106 Å². The number of halogens is 1. The Hall–Kier alpha value is -1.81. The molecule has 0 bridgehead atoms.